The minimum absolute atomic E-state index is 0.593. The van der Waals surface area contributed by atoms with E-state index in [-0.39, 0.29) is 0 Å². The summed E-state index contributed by atoms with van der Waals surface area (Å²) in [5, 5.41) is 6.97. The Kier molecular flexibility index (Phi) is 4.32. The Balaban J connectivity index is 1.99. The summed E-state index contributed by atoms with van der Waals surface area (Å²) in [7, 11) is 0. The summed E-state index contributed by atoms with van der Waals surface area (Å²) in [6.45, 7) is 2.11. The second-order valence-electron chi connectivity index (χ2n) is 4.77. The number of halogens is 3. The van der Waals surface area contributed by atoms with E-state index in [0.29, 0.717) is 12.2 Å². The highest BCUT2D eigenvalue weighted by atomic mass is 19.4. The standard InChI is InChI=1S/C14H16F3N3/c1-11(9-14(15,16)17)19-13-5-2-4-12(8-13)10-20-7-3-6-18-20/h2-8,11,19H,9-10H2,1H3. The van der Waals surface area contributed by atoms with Crippen LogP contribution in [0.25, 0.3) is 0 Å². The normalized spacial score (nSPS) is 13.2. The summed E-state index contributed by atoms with van der Waals surface area (Å²) in [6.07, 6.45) is -1.48. The Morgan fingerprint density at radius 2 is 2.10 bits per heavy atom. The number of hydrogen-bond acceptors (Lipinski definition) is 2. The van der Waals surface area contributed by atoms with Crippen molar-refractivity contribution in [3.05, 3.63) is 48.3 Å². The Morgan fingerprint density at radius 1 is 1.30 bits per heavy atom. The van der Waals surface area contributed by atoms with Gasteiger partial charge in [-0.2, -0.15) is 18.3 Å². The monoisotopic (exact) mass is 283 g/mol. The fourth-order valence-corrected chi connectivity index (χ4v) is 2.02. The lowest BCUT2D eigenvalue weighted by Crippen LogP contribution is -2.23. The molecule has 0 spiro atoms. The fraction of sp³-hybridized carbons (Fsp3) is 0.357. The molecule has 0 fully saturated rings. The highest BCUT2D eigenvalue weighted by molar-refractivity contribution is 5.46. The summed E-state index contributed by atoms with van der Waals surface area (Å²) < 4.78 is 38.6. The molecule has 0 amide bonds. The van der Waals surface area contributed by atoms with Gasteiger partial charge in [0.1, 0.15) is 0 Å². The first-order valence-corrected chi connectivity index (χ1v) is 6.32. The van der Waals surface area contributed by atoms with Crippen LogP contribution in [0, 0.1) is 0 Å². The predicted octanol–water partition coefficient (Wildman–Crippen LogP) is 3.68. The molecule has 0 saturated carbocycles. The molecule has 6 heteroatoms. The number of hydrogen-bond donors (Lipinski definition) is 1. The first-order chi connectivity index (χ1) is 9.42. The molecule has 0 radical (unpaired) electrons. The van der Waals surface area contributed by atoms with Crippen molar-refractivity contribution in [2.45, 2.75) is 32.1 Å². The van der Waals surface area contributed by atoms with Gasteiger partial charge < -0.3 is 5.32 Å². The van der Waals surface area contributed by atoms with Gasteiger partial charge in [-0.1, -0.05) is 12.1 Å². The largest absolute Gasteiger partial charge is 0.391 e. The van der Waals surface area contributed by atoms with Gasteiger partial charge in [0.15, 0.2) is 0 Å². The zero-order valence-electron chi connectivity index (χ0n) is 11.1. The molecule has 2 aromatic rings. The van der Waals surface area contributed by atoms with Crippen molar-refractivity contribution in [3.8, 4) is 0 Å². The van der Waals surface area contributed by atoms with Crippen LogP contribution in [0.5, 0.6) is 0 Å². The van der Waals surface area contributed by atoms with Crippen molar-refractivity contribution in [2.75, 3.05) is 5.32 Å². The Hall–Kier alpha value is -1.98. The third kappa shape index (κ3) is 4.60. The lowest BCUT2D eigenvalue weighted by atomic mass is 10.1. The zero-order chi connectivity index (χ0) is 14.6. The van der Waals surface area contributed by atoms with E-state index in [9.17, 15) is 13.2 Å². The molecule has 1 N–H and O–H groups in total. The Bertz CT molecular complexity index is 535. The van der Waals surface area contributed by atoms with E-state index in [1.54, 1.807) is 16.9 Å². The average molecular weight is 283 g/mol. The fourth-order valence-electron chi connectivity index (χ4n) is 2.02. The van der Waals surface area contributed by atoms with Crippen LogP contribution < -0.4 is 5.32 Å². The molecule has 2 rings (SSSR count). The van der Waals surface area contributed by atoms with E-state index >= 15 is 0 Å². The number of benzene rings is 1. The second kappa shape index (κ2) is 5.98. The first kappa shape index (κ1) is 14.4. The van der Waals surface area contributed by atoms with E-state index in [0.717, 1.165) is 5.56 Å². The zero-order valence-corrected chi connectivity index (χ0v) is 11.1. The molecular formula is C14H16F3N3. The van der Waals surface area contributed by atoms with Crippen molar-refractivity contribution < 1.29 is 13.2 Å². The molecule has 108 valence electrons. The van der Waals surface area contributed by atoms with Gasteiger partial charge in [0.25, 0.3) is 0 Å². The quantitative estimate of drug-likeness (QED) is 0.907. The smallest absolute Gasteiger partial charge is 0.382 e. The molecule has 0 saturated heterocycles. The van der Waals surface area contributed by atoms with Gasteiger partial charge in [-0.05, 0) is 30.7 Å². The second-order valence-corrected chi connectivity index (χ2v) is 4.77. The van der Waals surface area contributed by atoms with Crippen LogP contribution in [0.2, 0.25) is 0 Å². The Morgan fingerprint density at radius 3 is 2.75 bits per heavy atom. The number of alkyl halides is 3. The third-order valence-electron chi connectivity index (χ3n) is 2.78. The van der Waals surface area contributed by atoms with Gasteiger partial charge in [-0.3, -0.25) is 4.68 Å². The average Bonchev–Trinajstić information content (AvgIpc) is 2.79. The number of rotatable bonds is 5. The predicted molar refractivity (Wildman–Crippen MR) is 71.5 cm³/mol. The maximum atomic E-state index is 12.3. The summed E-state index contributed by atoms with van der Waals surface area (Å²) >= 11 is 0. The maximum absolute atomic E-state index is 12.3. The van der Waals surface area contributed by atoms with Gasteiger partial charge in [0.05, 0.1) is 13.0 Å². The molecule has 20 heavy (non-hydrogen) atoms. The van der Waals surface area contributed by atoms with Crippen molar-refractivity contribution in [1.29, 1.82) is 0 Å². The van der Waals surface area contributed by atoms with Gasteiger partial charge in [-0.15, -0.1) is 0 Å². The molecule has 0 aliphatic rings. The number of nitrogens with one attached hydrogen (secondary N) is 1. The SMILES string of the molecule is CC(CC(F)(F)F)Nc1cccc(Cn2cccn2)c1. The third-order valence-corrected chi connectivity index (χ3v) is 2.78. The van der Waals surface area contributed by atoms with Crippen LogP contribution in [0.1, 0.15) is 18.9 Å². The topological polar surface area (TPSA) is 29.9 Å². The highest BCUT2D eigenvalue weighted by Gasteiger charge is 2.29. The summed E-state index contributed by atoms with van der Waals surface area (Å²) in [5.41, 5.74) is 1.67. The van der Waals surface area contributed by atoms with Crippen molar-refractivity contribution in [3.63, 3.8) is 0 Å². The first-order valence-electron chi connectivity index (χ1n) is 6.32. The molecular weight excluding hydrogens is 267 g/mol. The van der Waals surface area contributed by atoms with E-state index in [1.165, 1.54) is 6.92 Å². The van der Waals surface area contributed by atoms with Crippen LogP contribution in [0.15, 0.2) is 42.7 Å². The molecule has 1 atom stereocenters. The molecule has 0 aliphatic heterocycles. The molecule has 1 aromatic heterocycles. The van der Waals surface area contributed by atoms with Crippen LogP contribution >= 0.6 is 0 Å². The van der Waals surface area contributed by atoms with Gasteiger partial charge in [-0.25, -0.2) is 0 Å². The maximum Gasteiger partial charge on any atom is 0.391 e. The van der Waals surface area contributed by atoms with Crippen LogP contribution in [0.4, 0.5) is 18.9 Å². The minimum Gasteiger partial charge on any atom is -0.382 e. The number of anilines is 1. The summed E-state index contributed by atoms with van der Waals surface area (Å²) in [4.78, 5) is 0. The van der Waals surface area contributed by atoms with Gasteiger partial charge in [0.2, 0.25) is 0 Å². The Labute approximate surface area is 115 Å². The molecule has 0 aliphatic carbocycles. The van der Waals surface area contributed by atoms with E-state index in [4.69, 9.17) is 0 Å². The lowest BCUT2D eigenvalue weighted by Gasteiger charge is -2.17. The molecule has 1 unspecified atom stereocenters. The molecule has 1 heterocycles. The van der Waals surface area contributed by atoms with Crippen molar-refractivity contribution >= 4 is 5.69 Å². The van der Waals surface area contributed by atoms with Crippen LogP contribution in [-0.4, -0.2) is 22.0 Å². The van der Waals surface area contributed by atoms with Crippen LogP contribution in [0.3, 0.4) is 0 Å². The van der Waals surface area contributed by atoms with Crippen LogP contribution in [-0.2, 0) is 6.54 Å². The number of nitrogens with zero attached hydrogens (tertiary/aromatic N) is 2. The van der Waals surface area contributed by atoms with Gasteiger partial charge in [0, 0.05) is 24.1 Å². The van der Waals surface area contributed by atoms with E-state index < -0.39 is 18.6 Å². The molecule has 0 bridgehead atoms. The van der Waals surface area contributed by atoms with E-state index in [2.05, 4.69) is 10.4 Å². The van der Waals surface area contributed by atoms with Crippen molar-refractivity contribution in [2.24, 2.45) is 0 Å². The summed E-state index contributed by atoms with van der Waals surface area (Å²) in [5.74, 6) is 0. The lowest BCUT2D eigenvalue weighted by molar-refractivity contribution is -0.136. The van der Waals surface area contributed by atoms with Crippen molar-refractivity contribution in [1.82, 2.24) is 9.78 Å². The highest BCUT2D eigenvalue weighted by Crippen LogP contribution is 2.23. The summed E-state index contributed by atoms with van der Waals surface area (Å²) in [6, 6.07) is 8.51. The van der Waals surface area contributed by atoms with E-state index in [1.807, 2.05) is 30.5 Å². The molecule has 3 nitrogen and oxygen atoms in total. The molecule has 1 aromatic carbocycles. The number of aromatic nitrogens is 2. The van der Waals surface area contributed by atoms with Gasteiger partial charge >= 0.3 is 6.18 Å². The minimum atomic E-state index is -4.15.